The molecule has 1 aromatic heterocycles. The van der Waals surface area contributed by atoms with Crippen molar-refractivity contribution in [3.05, 3.63) is 82.9 Å². The molecule has 3 aliphatic heterocycles. The van der Waals surface area contributed by atoms with Crippen molar-refractivity contribution in [2.24, 2.45) is 0 Å². The lowest BCUT2D eigenvalue weighted by molar-refractivity contribution is -0.126. The molecule has 1 spiro atoms. The lowest BCUT2D eigenvalue weighted by Gasteiger charge is -2.37. The van der Waals surface area contributed by atoms with E-state index in [1.54, 1.807) is 29.2 Å². The largest absolute Gasteiger partial charge is 0.366 e. The lowest BCUT2D eigenvalue weighted by Crippen LogP contribution is -2.56. The lowest BCUT2D eigenvalue weighted by atomic mass is 9.98. The van der Waals surface area contributed by atoms with Crippen LogP contribution in [-0.2, 0) is 21.8 Å². The van der Waals surface area contributed by atoms with Gasteiger partial charge in [0, 0.05) is 29.4 Å². The molecule has 3 aromatic rings. The molecule has 0 bridgehead atoms. The molecule has 2 saturated heterocycles. The van der Waals surface area contributed by atoms with Gasteiger partial charge in [0.2, 0.25) is 11.6 Å². The number of nitrogens with zero attached hydrogens (tertiary/aromatic N) is 3. The van der Waals surface area contributed by atoms with Gasteiger partial charge < -0.3 is 10.6 Å². The van der Waals surface area contributed by atoms with Crippen LogP contribution in [0.5, 0.6) is 0 Å². The van der Waals surface area contributed by atoms with Gasteiger partial charge in [0.1, 0.15) is 11.6 Å². The van der Waals surface area contributed by atoms with E-state index in [9.17, 15) is 9.59 Å². The Balaban J connectivity index is 1.44. The van der Waals surface area contributed by atoms with Crippen molar-refractivity contribution in [3.63, 3.8) is 0 Å². The van der Waals surface area contributed by atoms with Crippen LogP contribution in [0.25, 0.3) is 0 Å². The SMILES string of the molecule is O=C1[C@@H]2CCCN2[C@@]2(C(=O)Nc3ccc(Cl)cc32)N1c1cccc(NCc2ccccc2)n1. The number of hydrogen-bond acceptors (Lipinski definition) is 5. The third kappa shape index (κ3) is 2.96. The number of rotatable bonds is 4. The van der Waals surface area contributed by atoms with Crippen LogP contribution in [0, 0.1) is 0 Å². The number of aromatic nitrogens is 1. The standard InChI is InChI=1S/C25H22ClN5O2/c26-17-11-12-19-18(14-17)25(24(33)28-19)30-13-5-8-20(30)23(32)31(25)22-10-4-9-21(29-22)27-15-16-6-2-1-3-7-16/h1-4,6-7,9-12,14,20H,5,8,13,15H2,(H,27,29)(H,28,33)/t20-,25+/m0/s1. The Morgan fingerprint density at radius 3 is 2.79 bits per heavy atom. The van der Waals surface area contributed by atoms with Crippen LogP contribution >= 0.6 is 11.6 Å². The molecule has 2 N–H and O–H groups in total. The van der Waals surface area contributed by atoms with Crippen LogP contribution < -0.4 is 15.5 Å². The summed E-state index contributed by atoms with van der Waals surface area (Å²) in [7, 11) is 0. The van der Waals surface area contributed by atoms with Crippen molar-refractivity contribution in [3.8, 4) is 0 Å². The maximum atomic E-state index is 13.7. The topological polar surface area (TPSA) is 77.6 Å². The zero-order chi connectivity index (χ0) is 22.6. The van der Waals surface area contributed by atoms with Crippen molar-refractivity contribution in [1.29, 1.82) is 0 Å². The Hall–Kier alpha value is -3.42. The summed E-state index contributed by atoms with van der Waals surface area (Å²) in [5.41, 5.74) is 1.21. The van der Waals surface area contributed by atoms with Gasteiger partial charge in [0.15, 0.2) is 0 Å². The monoisotopic (exact) mass is 459 g/mol. The van der Waals surface area contributed by atoms with E-state index < -0.39 is 5.66 Å². The average molecular weight is 460 g/mol. The Bertz CT molecular complexity index is 1270. The van der Waals surface area contributed by atoms with E-state index in [0.29, 0.717) is 47.4 Å². The van der Waals surface area contributed by atoms with Crippen molar-refractivity contribution in [2.45, 2.75) is 31.1 Å². The number of carbonyl (C=O) groups is 2. The highest BCUT2D eigenvalue weighted by Crippen LogP contribution is 2.52. The van der Waals surface area contributed by atoms with Gasteiger partial charge in [-0.05, 0) is 48.7 Å². The zero-order valence-electron chi connectivity index (χ0n) is 17.8. The Morgan fingerprint density at radius 2 is 1.94 bits per heavy atom. The predicted molar refractivity (Wildman–Crippen MR) is 127 cm³/mol. The minimum Gasteiger partial charge on any atom is -0.366 e. The van der Waals surface area contributed by atoms with Crippen LogP contribution in [-0.4, -0.2) is 34.3 Å². The van der Waals surface area contributed by atoms with E-state index in [0.717, 1.165) is 12.0 Å². The van der Waals surface area contributed by atoms with Crippen molar-refractivity contribution in [1.82, 2.24) is 9.88 Å². The number of pyridine rings is 1. The van der Waals surface area contributed by atoms with E-state index in [2.05, 4.69) is 10.6 Å². The highest BCUT2D eigenvalue weighted by molar-refractivity contribution is 6.31. The summed E-state index contributed by atoms with van der Waals surface area (Å²) in [5, 5.41) is 6.82. The summed E-state index contributed by atoms with van der Waals surface area (Å²) >= 11 is 6.34. The second-order valence-corrected chi connectivity index (χ2v) is 9.00. The molecule has 2 fully saturated rings. The van der Waals surface area contributed by atoms with Gasteiger partial charge in [0.25, 0.3) is 5.91 Å². The molecule has 7 nitrogen and oxygen atoms in total. The van der Waals surface area contributed by atoms with Gasteiger partial charge in [-0.2, -0.15) is 0 Å². The maximum absolute atomic E-state index is 13.7. The Kier molecular flexibility index (Phi) is 4.64. The molecule has 4 heterocycles. The quantitative estimate of drug-likeness (QED) is 0.617. The van der Waals surface area contributed by atoms with E-state index in [-0.39, 0.29) is 17.9 Å². The molecule has 3 aliphatic rings. The highest BCUT2D eigenvalue weighted by atomic mass is 35.5. The number of benzene rings is 2. The Labute approximate surface area is 196 Å². The highest BCUT2D eigenvalue weighted by Gasteiger charge is 2.67. The van der Waals surface area contributed by atoms with E-state index in [4.69, 9.17) is 16.6 Å². The van der Waals surface area contributed by atoms with Gasteiger partial charge >= 0.3 is 0 Å². The van der Waals surface area contributed by atoms with Gasteiger partial charge in [-0.1, -0.05) is 48.0 Å². The van der Waals surface area contributed by atoms with Crippen molar-refractivity contribution < 1.29 is 9.59 Å². The molecule has 8 heteroatoms. The predicted octanol–water partition coefficient (Wildman–Crippen LogP) is 3.96. The smallest absolute Gasteiger partial charge is 0.271 e. The molecule has 2 amide bonds. The van der Waals surface area contributed by atoms with E-state index in [1.165, 1.54) is 0 Å². The van der Waals surface area contributed by atoms with Gasteiger partial charge in [-0.25, -0.2) is 4.98 Å². The first-order chi connectivity index (χ1) is 16.1. The second-order valence-electron chi connectivity index (χ2n) is 8.56. The minimum absolute atomic E-state index is 0.108. The normalized spacial score (nSPS) is 23.7. The molecule has 166 valence electrons. The molecular formula is C25H22ClN5O2. The Morgan fingerprint density at radius 1 is 1.09 bits per heavy atom. The molecule has 0 unspecified atom stereocenters. The molecule has 6 rings (SSSR count). The second kappa shape index (κ2) is 7.57. The fourth-order valence-electron chi connectivity index (χ4n) is 5.31. The van der Waals surface area contributed by atoms with Gasteiger partial charge in [-0.15, -0.1) is 0 Å². The van der Waals surface area contributed by atoms with Crippen LogP contribution in [0.1, 0.15) is 24.0 Å². The van der Waals surface area contributed by atoms with E-state index in [1.807, 2.05) is 47.4 Å². The van der Waals surface area contributed by atoms with Gasteiger partial charge in [-0.3, -0.25) is 19.4 Å². The molecule has 0 aliphatic carbocycles. The fraction of sp³-hybridized carbons (Fsp3) is 0.240. The van der Waals surface area contributed by atoms with Gasteiger partial charge in [0.05, 0.1) is 6.04 Å². The van der Waals surface area contributed by atoms with Crippen molar-refractivity contribution >= 4 is 40.7 Å². The minimum atomic E-state index is -1.29. The number of hydrogen-bond donors (Lipinski definition) is 2. The van der Waals surface area contributed by atoms with E-state index >= 15 is 0 Å². The summed E-state index contributed by atoms with van der Waals surface area (Å²) in [5.74, 6) is 0.719. The molecule has 33 heavy (non-hydrogen) atoms. The maximum Gasteiger partial charge on any atom is 0.271 e. The number of halogens is 1. The van der Waals surface area contributed by atoms with Crippen LogP contribution in [0.2, 0.25) is 5.02 Å². The fourth-order valence-corrected chi connectivity index (χ4v) is 5.49. The third-order valence-corrected chi connectivity index (χ3v) is 6.93. The summed E-state index contributed by atoms with van der Waals surface area (Å²) in [6, 6.07) is 20.5. The number of nitrogens with one attached hydrogen (secondary N) is 2. The summed E-state index contributed by atoms with van der Waals surface area (Å²) in [4.78, 5) is 35.6. The molecule has 0 saturated carbocycles. The van der Waals surface area contributed by atoms with Crippen molar-refractivity contribution in [2.75, 3.05) is 22.1 Å². The average Bonchev–Trinajstić information content (AvgIpc) is 3.48. The number of amides is 2. The molecule has 0 radical (unpaired) electrons. The molecule has 2 aromatic carbocycles. The summed E-state index contributed by atoms with van der Waals surface area (Å²) in [6.45, 7) is 1.25. The number of fused-ring (bicyclic) bond motifs is 4. The first-order valence-electron chi connectivity index (χ1n) is 11.1. The van der Waals surface area contributed by atoms with Crippen LogP contribution in [0.3, 0.4) is 0 Å². The third-order valence-electron chi connectivity index (χ3n) is 6.70. The summed E-state index contributed by atoms with van der Waals surface area (Å²) < 4.78 is 0. The molecule has 2 atom stereocenters. The first-order valence-corrected chi connectivity index (χ1v) is 11.4. The first kappa shape index (κ1) is 20.2. The van der Waals surface area contributed by atoms with Crippen LogP contribution in [0.4, 0.5) is 17.3 Å². The molecular weight excluding hydrogens is 438 g/mol. The number of anilines is 3. The summed E-state index contributed by atoms with van der Waals surface area (Å²) in [6.07, 6.45) is 1.58. The zero-order valence-corrected chi connectivity index (χ0v) is 18.5. The number of carbonyl (C=O) groups excluding carboxylic acids is 2. The van der Waals surface area contributed by atoms with Crippen LogP contribution in [0.15, 0.2) is 66.7 Å².